The van der Waals surface area contributed by atoms with E-state index in [1.54, 1.807) is 0 Å². The first-order valence-electron chi connectivity index (χ1n) is 5.40. The van der Waals surface area contributed by atoms with Crippen LogP contribution in [0.15, 0.2) is 24.3 Å². The lowest BCUT2D eigenvalue weighted by atomic mass is 9.98. The maximum Gasteiger partial charge on any atom is 0.130 e. The van der Waals surface area contributed by atoms with Crippen molar-refractivity contribution in [1.82, 2.24) is 0 Å². The molecule has 0 N–H and O–H groups in total. The van der Waals surface area contributed by atoms with Crippen LogP contribution in [0.25, 0.3) is 0 Å². The van der Waals surface area contributed by atoms with E-state index in [1.807, 2.05) is 38.1 Å². The van der Waals surface area contributed by atoms with Gasteiger partial charge in [-0.05, 0) is 44.4 Å². The van der Waals surface area contributed by atoms with Gasteiger partial charge < -0.3 is 9.53 Å². The second-order valence-electron chi connectivity index (χ2n) is 4.47. The van der Waals surface area contributed by atoms with Gasteiger partial charge in [0.1, 0.15) is 12.0 Å². The van der Waals surface area contributed by atoms with Crippen molar-refractivity contribution in [3.8, 4) is 5.75 Å². The van der Waals surface area contributed by atoms with Crippen LogP contribution in [0.4, 0.5) is 0 Å². The molecule has 0 unspecified atom stereocenters. The molecule has 1 saturated carbocycles. The highest BCUT2D eigenvalue weighted by Gasteiger charge is 2.44. The molecule has 1 aromatic carbocycles. The zero-order chi connectivity index (χ0) is 10.9. The van der Waals surface area contributed by atoms with Gasteiger partial charge in [0.25, 0.3) is 0 Å². The third-order valence-corrected chi connectivity index (χ3v) is 2.80. The highest BCUT2D eigenvalue weighted by atomic mass is 16.5. The molecule has 2 heteroatoms. The average molecular weight is 204 g/mol. The lowest BCUT2D eigenvalue weighted by Crippen LogP contribution is -2.09. The minimum atomic E-state index is -0.198. The molecular weight excluding hydrogens is 188 g/mol. The fourth-order valence-corrected chi connectivity index (χ4v) is 1.76. The molecule has 2 rings (SSSR count). The third kappa shape index (κ3) is 2.04. The van der Waals surface area contributed by atoms with Crippen molar-refractivity contribution in [3.63, 3.8) is 0 Å². The zero-order valence-corrected chi connectivity index (χ0v) is 9.19. The number of aldehydes is 1. The Labute approximate surface area is 90.3 Å². The van der Waals surface area contributed by atoms with Crippen LogP contribution in [0.3, 0.4) is 0 Å². The van der Waals surface area contributed by atoms with Crippen molar-refractivity contribution in [3.05, 3.63) is 29.8 Å². The van der Waals surface area contributed by atoms with Crippen LogP contribution in [0.2, 0.25) is 0 Å². The number of rotatable bonds is 4. The maximum absolute atomic E-state index is 11.0. The van der Waals surface area contributed by atoms with Gasteiger partial charge in [0.2, 0.25) is 0 Å². The smallest absolute Gasteiger partial charge is 0.130 e. The monoisotopic (exact) mass is 204 g/mol. The Morgan fingerprint density at radius 1 is 1.40 bits per heavy atom. The van der Waals surface area contributed by atoms with Crippen LogP contribution in [-0.2, 0) is 10.2 Å². The molecule has 0 saturated heterocycles. The van der Waals surface area contributed by atoms with Crippen LogP contribution in [0, 0.1) is 0 Å². The van der Waals surface area contributed by atoms with Crippen LogP contribution >= 0.6 is 0 Å². The molecule has 0 amide bonds. The summed E-state index contributed by atoms with van der Waals surface area (Å²) in [5, 5.41) is 0. The van der Waals surface area contributed by atoms with E-state index in [2.05, 4.69) is 0 Å². The van der Waals surface area contributed by atoms with E-state index in [-0.39, 0.29) is 11.5 Å². The van der Waals surface area contributed by atoms with Gasteiger partial charge in [-0.2, -0.15) is 0 Å². The maximum atomic E-state index is 11.0. The van der Waals surface area contributed by atoms with Gasteiger partial charge in [0.05, 0.1) is 11.5 Å². The summed E-state index contributed by atoms with van der Waals surface area (Å²) in [4.78, 5) is 11.0. The number of hydrogen-bond acceptors (Lipinski definition) is 2. The van der Waals surface area contributed by atoms with E-state index in [0.29, 0.717) is 0 Å². The first kappa shape index (κ1) is 10.2. The van der Waals surface area contributed by atoms with Crippen molar-refractivity contribution in [2.45, 2.75) is 38.2 Å². The summed E-state index contributed by atoms with van der Waals surface area (Å²) < 4.78 is 5.61. The first-order valence-corrected chi connectivity index (χ1v) is 5.40. The fourth-order valence-electron chi connectivity index (χ4n) is 1.76. The molecule has 1 fully saturated rings. The zero-order valence-electron chi connectivity index (χ0n) is 9.19. The lowest BCUT2D eigenvalue weighted by Gasteiger charge is -2.13. The minimum absolute atomic E-state index is 0.173. The summed E-state index contributed by atoms with van der Waals surface area (Å²) in [6.07, 6.45) is 3.19. The minimum Gasteiger partial charge on any atom is -0.491 e. The number of benzene rings is 1. The van der Waals surface area contributed by atoms with Crippen LogP contribution in [-0.4, -0.2) is 12.4 Å². The van der Waals surface area contributed by atoms with E-state index in [1.165, 1.54) is 0 Å². The van der Waals surface area contributed by atoms with E-state index in [9.17, 15) is 4.79 Å². The van der Waals surface area contributed by atoms with Crippen LogP contribution < -0.4 is 4.74 Å². The Balaban J connectivity index is 2.23. The van der Waals surface area contributed by atoms with Gasteiger partial charge in [-0.25, -0.2) is 0 Å². The number of carbonyl (C=O) groups excluding carboxylic acids is 1. The highest BCUT2D eigenvalue weighted by Crippen LogP contribution is 2.46. The number of carbonyl (C=O) groups is 1. The second-order valence-corrected chi connectivity index (χ2v) is 4.47. The molecule has 2 nitrogen and oxygen atoms in total. The molecule has 0 radical (unpaired) electrons. The Bertz CT molecular complexity index is 365. The fraction of sp³-hybridized carbons (Fsp3) is 0.462. The number of hydrogen-bond donors (Lipinski definition) is 0. The molecule has 0 aliphatic heterocycles. The summed E-state index contributed by atoms with van der Waals surface area (Å²) >= 11 is 0. The predicted molar refractivity (Wildman–Crippen MR) is 59.2 cm³/mol. The molecule has 15 heavy (non-hydrogen) atoms. The van der Waals surface area contributed by atoms with Crippen molar-refractivity contribution >= 4 is 6.29 Å². The molecule has 1 aromatic rings. The van der Waals surface area contributed by atoms with Crippen molar-refractivity contribution in [2.24, 2.45) is 0 Å². The Morgan fingerprint density at radius 2 is 2.13 bits per heavy atom. The quantitative estimate of drug-likeness (QED) is 0.705. The summed E-state index contributed by atoms with van der Waals surface area (Å²) in [7, 11) is 0. The molecule has 0 spiro atoms. The Kier molecular flexibility index (Phi) is 2.51. The van der Waals surface area contributed by atoms with Gasteiger partial charge >= 0.3 is 0 Å². The van der Waals surface area contributed by atoms with Gasteiger partial charge in [0.15, 0.2) is 0 Å². The standard InChI is InChI=1S/C13H16O2/c1-10(2)15-12-5-3-4-11(8-12)13(9-14)6-7-13/h3-5,8-10H,6-7H2,1-2H3. The lowest BCUT2D eigenvalue weighted by molar-refractivity contribution is -0.109. The molecule has 0 atom stereocenters. The molecule has 0 bridgehead atoms. The van der Waals surface area contributed by atoms with Crippen molar-refractivity contribution in [2.75, 3.05) is 0 Å². The predicted octanol–water partition coefficient (Wildman–Crippen LogP) is 2.70. The van der Waals surface area contributed by atoms with E-state index in [0.717, 1.165) is 30.4 Å². The third-order valence-electron chi connectivity index (χ3n) is 2.80. The molecule has 1 aliphatic rings. The summed E-state index contributed by atoms with van der Waals surface area (Å²) in [6, 6.07) is 7.89. The molecular formula is C13H16O2. The molecule has 0 heterocycles. The topological polar surface area (TPSA) is 26.3 Å². The van der Waals surface area contributed by atoms with Crippen LogP contribution in [0.1, 0.15) is 32.3 Å². The van der Waals surface area contributed by atoms with E-state index < -0.39 is 0 Å². The van der Waals surface area contributed by atoms with Crippen molar-refractivity contribution in [1.29, 1.82) is 0 Å². The molecule has 1 aliphatic carbocycles. The van der Waals surface area contributed by atoms with Crippen molar-refractivity contribution < 1.29 is 9.53 Å². The average Bonchev–Trinajstić information content (AvgIpc) is 2.97. The second kappa shape index (κ2) is 3.69. The molecule has 80 valence electrons. The summed E-state index contributed by atoms with van der Waals surface area (Å²) in [5.41, 5.74) is 0.895. The van der Waals surface area contributed by atoms with Crippen LogP contribution in [0.5, 0.6) is 5.75 Å². The van der Waals surface area contributed by atoms with Gasteiger partial charge in [-0.1, -0.05) is 12.1 Å². The van der Waals surface area contributed by atoms with E-state index >= 15 is 0 Å². The Morgan fingerprint density at radius 3 is 2.67 bits per heavy atom. The van der Waals surface area contributed by atoms with Gasteiger partial charge in [0, 0.05) is 0 Å². The van der Waals surface area contributed by atoms with E-state index in [4.69, 9.17) is 4.74 Å². The Hall–Kier alpha value is -1.31. The molecule has 0 aromatic heterocycles. The first-order chi connectivity index (χ1) is 7.16. The number of ether oxygens (including phenoxy) is 1. The largest absolute Gasteiger partial charge is 0.491 e. The van der Waals surface area contributed by atoms with Gasteiger partial charge in [-0.3, -0.25) is 0 Å². The SMILES string of the molecule is CC(C)Oc1cccc(C2(C=O)CC2)c1. The highest BCUT2D eigenvalue weighted by molar-refractivity contribution is 5.73. The summed E-state index contributed by atoms with van der Waals surface area (Å²) in [6.45, 7) is 4.00. The van der Waals surface area contributed by atoms with Gasteiger partial charge in [-0.15, -0.1) is 0 Å². The normalized spacial score (nSPS) is 17.5. The summed E-state index contributed by atoms with van der Waals surface area (Å²) in [5.74, 6) is 0.857.